The number of carbonyl (C=O) groups excluding carboxylic acids is 1. The maximum atomic E-state index is 12.4. The van der Waals surface area contributed by atoms with Crippen molar-refractivity contribution in [1.29, 1.82) is 0 Å². The molecule has 6 nitrogen and oxygen atoms in total. The third-order valence-corrected chi connectivity index (χ3v) is 5.69. The Balaban J connectivity index is 1.44. The van der Waals surface area contributed by atoms with Crippen molar-refractivity contribution in [3.8, 4) is 15.7 Å². The summed E-state index contributed by atoms with van der Waals surface area (Å²) in [7, 11) is 0. The number of thiophene rings is 1. The fourth-order valence-corrected chi connectivity index (χ4v) is 4.10. The summed E-state index contributed by atoms with van der Waals surface area (Å²) in [5.74, 6) is 1.46. The standard InChI is InChI=1S/C18H15N5OS2/c1-12-19-6-7-23(12)16-9-13(4-5-20-16)10-21-17(24)14-11-26-18(22-14)15-3-2-8-25-15/h2-9,11H,10H2,1H3,(H,21,24). The van der Waals surface area contributed by atoms with E-state index in [1.54, 1.807) is 29.1 Å². The van der Waals surface area contributed by atoms with Crippen LogP contribution in [0.25, 0.3) is 15.7 Å². The second kappa shape index (κ2) is 7.19. The molecule has 0 bridgehead atoms. The van der Waals surface area contributed by atoms with Crippen LogP contribution in [0.4, 0.5) is 0 Å². The van der Waals surface area contributed by atoms with E-state index in [-0.39, 0.29) is 5.91 Å². The molecule has 0 aliphatic heterocycles. The molecule has 0 saturated carbocycles. The van der Waals surface area contributed by atoms with Crippen molar-refractivity contribution in [2.24, 2.45) is 0 Å². The summed E-state index contributed by atoms with van der Waals surface area (Å²) in [6, 6.07) is 7.80. The van der Waals surface area contributed by atoms with Crippen molar-refractivity contribution in [3.05, 3.63) is 70.7 Å². The zero-order valence-electron chi connectivity index (χ0n) is 13.9. The number of rotatable bonds is 5. The van der Waals surface area contributed by atoms with Gasteiger partial charge in [0.05, 0.1) is 4.88 Å². The number of nitrogens with one attached hydrogen (secondary N) is 1. The first-order chi connectivity index (χ1) is 12.7. The molecule has 130 valence electrons. The maximum absolute atomic E-state index is 12.4. The van der Waals surface area contributed by atoms with E-state index in [4.69, 9.17) is 0 Å². The summed E-state index contributed by atoms with van der Waals surface area (Å²) in [4.78, 5) is 26.4. The zero-order chi connectivity index (χ0) is 17.9. The normalized spacial score (nSPS) is 10.8. The van der Waals surface area contributed by atoms with Crippen LogP contribution >= 0.6 is 22.7 Å². The second-order valence-electron chi connectivity index (χ2n) is 5.56. The minimum absolute atomic E-state index is 0.179. The Labute approximate surface area is 158 Å². The molecule has 1 amide bonds. The Kier molecular flexibility index (Phi) is 4.59. The molecule has 0 atom stereocenters. The van der Waals surface area contributed by atoms with E-state index in [9.17, 15) is 4.79 Å². The molecule has 4 aromatic heterocycles. The fraction of sp³-hybridized carbons (Fsp3) is 0.111. The lowest BCUT2D eigenvalue weighted by Crippen LogP contribution is -2.23. The van der Waals surface area contributed by atoms with Gasteiger partial charge in [-0.2, -0.15) is 0 Å². The van der Waals surface area contributed by atoms with Gasteiger partial charge in [-0.1, -0.05) is 6.07 Å². The van der Waals surface area contributed by atoms with Gasteiger partial charge >= 0.3 is 0 Å². The van der Waals surface area contributed by atoms with Crippen LogP contribution < -0.4 is 5.32 Å². The zero-order valence-corrected chi connectivity index (χ0v) is 15.5. The average molecular weight is 381 g/mol. The Bertz CT molecular complexity index is 1040. The molecule has 4 heterocycles. The molecule has 0 saturated heterocycles. The van der Waals surface area contributed by atoms with Crippen molar-refractivity contribution < 1.29 is 4.79 Å². The van der Waals surface area contributed by atoms with Crippen LogP contribution in [0.2, 0.25) is 0 Å². The number of hydrogen-bond donors (Lipinski definition) is 1. The molecule has 0 spiro atoms. The molecule has 0 aliphatic carbocycles. The van der Waals surface area contributed by atoms with Gasteiger partial charge < -0.3 is 5.32 Å². The summed E-state index contributed by atoms with van der Waals surface area (Å²) in [5, 5.41) is 7.57. The van der Waals surface area contributed by atoms with Crippen molar-refractivity contribution >= 4 is 28.6 Å². The Hall–Kier alpha value is -2.84. The number of aromatic nitrogens is 4. The molecular weight excluding hydrogens is 366 g/mol. The number of imidazole rings is 1. The number of carbonyl (C=O) groups is 1. The number of nitrogens with zero attached hydrogens (tertiary/aromatic N) is 4. The minimum Gasteiger partial charge on any atom is -0.347 e. The van der Waals surface area contributed by atoms with E-state index in [2.05, 4.69) is 20.3 Å². The predicted octanol–water partition coefficient (Wildman–Crippen LogP) is 3.69. The van der Waals surface area contributed by atoms with Crippen LogP contribution in [0.5, 0.6) is 0 Å². The third-order valence-electron chi connectivity index (χ3n) is 3.80. The van der Waals surface area contributed by atoms with E-state index in [0.717, 1.165) is 27.1 Å². The van der Waals surface area contributed by atoms with Gasteiger partial charge in [-0.15, -0.1) is 22.7 Å². The van der Waals surface area contributed by atoms with Gasteiger partial charge in [0.15, 0.2) is 0 Å². The van der Waals surface area contributed by atoms with Crippen LogP contribution in [0.15, 0.2) is 53.6 Å². The predicted molar refractivity (Wildman–Crippen MR) is 103 cm³/mol. The quantitative estimate of drug-likeness (QED) is 0.572. The lowest BCUT2D eigenvalue weighted by molar-refractivity contribution is 0.0946. The number of thiazole rings is 1. The molecule has 26 heavy (non-hydrogen) atoms. The molecule has 0 aliphatic rings. The maximum Gasteiger partial charge on any atom is 0.271 e. The van der Waals surface area contributed by atoms with Gasteiger partial charge in [0.1, 0.15) is 22.3 Å². The molecule has 4 rings (SSSR count). The Morgan fingerprint density at radius 1 is 1.23 bits per heavy atom. The lowest BCUT2D eigenvalue weighted by Gasteiger charge is -2.07. The van der Waals surface area contributed by atoms with Crippen LogP contribution in [0, 0.1) is 6.92 Å². The highest BCUT2D eigenvalue weighted by Crippen LogP contribution is 2.27. The largest absolute Gasteiger partial charge is 0.347 e. The monoisotopic (exact) mass is 381 g/mol. The minimum atomic E-state index is -0.179. The topological polar surface area (TPSA) is 72.7 Å². The first kappa shape index (κ1) is 16.6. The molecule has 0 fully saturated rings. The van der Waals surface area contributed by atoms with E-state index >= 15 is 0 Å². The number of aryl methyl sites for hydroxylation is 1. The summed E-state index contributed by atoms with van der Waals surface area (Å²) in [6.45, 7) is 2.33. The summed E-state index contributed by atoms with van der Waals surface area (Å²) in [5.41, 5.74) is 1.41. The van der Waals surface area contributed by atoms with Gasteiger partial charge in [-0.05, 0) is 36.1 Å². The molecule has 4 aromatic rings. The lowest BCUT2D eigenvalue weighted by atomic mass is 10.2. The molecule has 0 radical (unpaired) electrons. The van der Waals surface area contributed by atoms with E-state index in [0.29, 0.717) is 12.2 Å². The molecular formula is C18H15N5OS2. The number of hydrogen-bond acceptors (Lipinski definition) is 6. The fourth-order valence-electron chi connectivity index (χ4n) is 2.49. The molecule has 1 N–H and O–H groups in total. The van der Waals surface area contributed by atoms with Gasteiger partial charge in [0, 0.05) is 30.5 Å². The first-order valence-corrected chi connectivity index (χ1v) is 9.69. The second-order valence-corrected chi connectivity index (χ2v) is 7.37. The Morgan fingerprint density at radius 2 is 2.15 bits per heavy atom. The third kappa shape index (κ3) is 3.42. The van der Waals surface area contributed by atoms with Crippen LogP contribution in [0.1, 0.15) is 21.9 Å². The van der Waals surface area contributed by atoms with Crippen LogP contribution in [0.3, 0.4) is 0 Å². The van der Waals surface area contributed by atoms with Gasteiger partial charge in [0.25, 0.3) is 5.91 Å². The van der Waals surface area contributed by atoms with Crippen LogP contribution in [-0.4, -0.2) is 25.4 Å². The van der Waals surface area contributed by atoms with Crippen molar-refractivity contribution in [1.82, 2.24) is 24.8 Å². The van der Waals surface area contributed by atoms with E-state index in [1.165, 1.54) is 11.3 Å². The SMILES string of the molecule is Cc1nccn1-c1cc(CNC(=O)c2csc(-c3cccs3)n2)ccn1. The molecule has 0 aromatic carbocycles. The highest BCUT2D eigenvalue weighted by molar-refractivity contribution is 7.20. The molecule has 0 unspecified atom stereocenters. The average Bonchev–Trinajstić information content (AvgIpc) is 3.40. The van der Waals surface area contributed by atoms with Crippen molar-refractivity contribution in [3.63, 3.8) is 0 Å². The van der Waals surface area contributed by atoms with E-state index in [1.807, 2.05) is 47.3 Å². The highest BCUT2D eigenvalue weighted by Gasteiger charge is 2.12. The van der Waals surface area contributed by atoms with Crippen molar-refractivity contribution in [2.75, 3.05) is 0 Å². The Morgan fingerprint density at radius 3 is 2.92 bits per heavy atom. The smallest absolute Gasteiger partial charge is 0.271 e. The van der Waals surface area contributed by atoms with Gasteiger partial charge in [-0.3, -0.25) is 9.36 Å². The summed E-state index contributed by atoms with van der Waals surface area (Å²) < 4.78 is 1.90. The van der Waals surface area contributed by atoms with Crippen molar-refractivity contribution in [2.45, 2.75) is 13.5 Å². The first-order valence-electron chi connectivity index (χ1n) is 7.93. The highest BCUT2D eigenvalue weighted by atomic mass is 32.1. The number of pyridine rings is 1. The summed E-state index contributed by atoms with van der Waals surface area (Å²) in [6.07, 6.45) is 5.33. The summed E-state index contributed by atoms with van der Waals surface area (Å²) >= 11 is 3.09. The number of amides is 1. The van der Waals surface area contributed by atoms with Crippen LogP contribution in [-0.2, 0) is 6.54 Å². The van der Waals surface area contributed by atoms with Gasteiger partial charge in [0.2, 0.25) is 0 Å². The molecule has 8 heteroatoms. The van der Waals surface area contributed by atoms with E-state index < -0.39 is 0 Å². The van der Waals surface area contributed by atoms with Gasteiger partial charge in [-0.25, -0.2) is 15.0 Å².